The standard InChI is InChI=1S/C15H21N5O/c1-10(2)12(14-18-8-9-20(14)4)19-13-11(15(21)16-3)6-5-7-17-13/h5-10,12H,1-4H3,(H,16,21)(H,17,19). The summed E-state index contributed by atoms with van der Waals surface area (Å²) in [4.78, 5) is 20.6. The number of anilines is 1. The van der Waals surface area contributed by atoms with Gasteiger partial charge in [0.15, 0.2) is 0 Å². The fraction of sp³-hybridized carbons (Fsp3) is 0.400. The first-order valence-electron chi connectivity index (χ1n) is 6.95. The highest BCUT2D eigenvalue weighted by atomic mass is 16.1. The van der Waals surface area contributed by atoms with Gasteiger partial charge in [-0.05, 0) is 18.1 Å². The summed E-state index contributed by atoms with van der Waals surface area (Å²) in [5, 5.41) is 5.98. The molecule has 1 atom stereocenters. The summed E-state index contributed by atoms with van der Waals surface area (Å²) in [6.07, 6.45) is 5.35. The zero-order chi connectivity index (χ0) is 15.4. The van der Waals surface area contributed by atoms with Crippen LogP contribution in [0, 0.1) is 5.92 Å². The third-order valence-electron chi connectivity index (χ3n) is 3.37. The number of aryl methyl sites for hydroxylation is 1. The molecule has 21 heavy (non-hydrogen) atoms. The van der Waals surface area contributed by atoms with Gasteiger partial charge in [-0.1, -0.05) is 13.8 Å². The Balaban J connectivity index is 2.35. The van der Waals surface area contributed by atoms with E-state index in [4.69, 9.17) is 0 Å². The lowest BCUT2D eigenvalue weighted by Crippen LogP contribution is -2.25. The van der Waals surface area contributed by atoms with Crippen molar-refractivity contribution >= 4 is 11.7 Å². The highest BCUT2D eigenvalue weighted by Crippen LogP contribution is 2.25. The molecule has 2 aromatic rings. The molecule has 0 aliphatic carbocycles. The minimum atomic E-state index is -0.159. The van der Waals surface area contributed by atoms with Gasteiger partial charge < -0.3 is 15.2 Å². The van der Waals surface area contributed by atoms with Crippen LogP contribution >= 0.6 is 0 Å². The SMILES string of the molecule is CNC(=O)c1cccnc1NC(c1nccn1C)C(C)C. The van der Waals surface area contributed by atoms with Gasteiger partial charge in [0.25, 0.3) is 5.91 Å². The van der Waals surface area contributed by atoms with Gasteiger partial charge in [0.05, 0.1) is 11.6 Å². The van der Waals surface area contributed by atoms with Crippen LogP contribution in [0.25, 0.3) is 0 Å². The Hall–Kier alpha value is -2.37. The molecule has 1 amide bonds. The Morgan fingerprint density at radius 1 is 1.29 bits per heavy atom. The van der Waals surface area contributed by atoms with Crippen molar-refractivity contribution in [3.8, 4) is 0 Å². The molecule has 6 heteroatoms. The largest absolute Gasteiger partial charge is 0.359 e. The molecule has 6 nitrogen and oxygen atoms in total. The van der Waals surface area contributed by atoms with Crippen LogP contribution < -0.4 is 10.6 Å². The van der Waals surface area contributed by atoms with Crippen molar-refractivity contribution in [2.24, 2.45) is 13.0 Å². The van der Waals surface area contributed by atoms with Crippen LogP contribution in [-0.4, -0.2) is 27.5 Å². The molecule has 2 heterocycles. The minimum absolute atomic E-state index is 0.0247. The molecule has 0 radical (unpaired) electrons. The summed E-state index contributed by atoms with van der Waals surface area (Å²) in [6, 6.07) is 3.48. The van der Waals surface area contributed by atoms with E-state index >= 15 is 0 Å². The van der Waals surface area contributed by atoms with Crippen LogP contribution in [0.3, 0.4) is 0 Å². The Morgan fingerprint density at radius 2 is 2.05 bits per heavy atom. The maximum atomic E-state index is 11.9. The van der Waals surface area contributed by atoms with Crippen LogP contribution in [0.1, 0.15) is 36.1 Å². The van der Waals surface area contributed by atoms with Gasteiger partial charge in [0.1, 0.15) is 11.6 Å². The van der Waals surface area contributed by atoms with Crippen molar-refractivity contribution in [3.05, 3.63) is 42.1 Å². The quantitative estimate of drug-likeness (QED) is 0.882. The Bertz CT molecular complexity index is 620. The van der Waals surface area contributed by atoms with Crippen molar-refractivity contribution in [2.45, 2.75) is 19.9 Å². The maximum absolute atomic E-state index is 11.9. The second-order valence-corrected chi connectivity index (χ2v) is 5.24. The van der Waals surface area contributed by atoms with Crippen LogP contribution in [0.15, 0.2) is 30.7 Å². The lowest BCUT2D eigenvalue weighted by atomic mass is 10.0. The monoisotopic (exact) mass is 287 g/mol. The third kappa shape index (κ3) is 3.21. The van der Waals surface area contributed by atoms with E-state index in [2.05, 4.69) is 34.4 Å². The summed E-state index contributed by atoms with van der Waals surface area (Å²) in [5.41, 5.74) is 0.528. The van der Waals surface area contributed by atoms with Crippen molar-refractivity contribution in [1.82, 2.24) is 19.9 Å². The van der Waals surface area contributed by atoms with Crippen LogP contribution in [0.4, 0.5) is 5.82 Å². The molecule has 0 aliphatic rings. The highest BCUT2D eigenvalue weighted by Gasteiger charge is 2.22. The van der Waals surface area contributed by atoms with Crippen molar-refractivity contribution in [1.29, 1.82) is 0 Å². The molecule has 1 unspecified atom stereocenters. The van der Waals surface area contributed by atoms with Crippen molar-refractivity contribution in [3.63, 3.8) is 0 Å². The van der Waals surface area contributed by atoms with Gasteiger partial charge in [-0.15, -0.1) is 0 Å². The molecule has 2 rings (SSSR count). The fourth-order valence-electron chi connectivity index (χ4n) is 2.19. The van der Waals surface area contributed by atoms with Crippen LogP contribution in [0.2, 0.25) is 0 Å². The topological polar surface area (TPSA) is 71.8 Å². The summed E-state index contributed by atoms with van der Waals surface area (Å²) in [5.74, 6) is 1.62. The zero-order valence-corrected chi connectivity index (χ0v) is 12.8. The number of nitrogens with one attached hydrogen (secondary N) is 2. The number of pyridine rings is 1. The van der Waals surface area contributed by atoms with Crippen LogP contribution in [0.5, 0.6) is 0 Å². The lowest BCUT2D eigenvalue weighted by molar-refractivity contribution is 0.0963. The number of nitrogens with zero attached hydrogens (tertiary/aromatic N) is 3. The fourth-order valence-corrected chi connectivity index (χ4v) is 2.19. The van der Waals surface area contributed by atoms with Gasteiger partial charge in [-0.2, -0.15) is 0 Å². The molecule has 2 aromatic heterocycles. The predicted octanol–water partition coefficient (Wildman–Crippen LogP) is 1.98. The van der Waals surface area contributed by atoms with Gasteiger partial charge in [-0.3, -0.25) is 4.79 Å². The average Bonchev–Trinajstić information content (AvgIpc) is 2.90. The number of aromatic nitrogens is 3. The van der Waals surface area contributed by atoms with Crippen LogP contribution in [-0.2, 0) is 7.05 Å². The van der Waals surface area contributed by atoms with E-state index in [0.717, 1.165) is 5.82 Å². The number of rotatable bonds is 5. The van der Waals surface area contributed by atoms with Gasteiger partial charge >= 0.3 is 0 Å². The number of carbonyl (C=O) groups excluding carboxylic acids is 1. The summed E-state index contributed by atoms with van der Waals surface area (Å²) in [7, 11) is 3.56. The van der Waals surface area contributed by atoms with E-state index in [0.29, 0.717) is 17.3 Å². The number of carbonyl (C=O) groups is 1. The normalized spacial score (nSPS) is 12.2. The summed E-state index contributed by atoms with van der Waals surface area (Å²) in [6.45, 7) is 4.21. The maximum Gasteiger partial charge on any atom is 0.254 e. The average molecular weight is 287 g/mol. The molecule has 0 saturated heterocycles. The summed E-state index contributed by atoms with van der Waals surface area (Å²) >= 11 is 0. The zero-order valence-electron chi connectivity index (χ0n) is 12.8. The highest BCUT2D eigenvalue weighted by molar-refractivity contribution is 5.98. The van der Waals surface area contributed by atoms with Gasteiger partial charge in [-0.25, -0.2) is 9.97 Å². The molecular weight excluding hydrogens is 266 g/mol. The molecule has 0 aliphatic heterocycles. The first-order valence-corrected chi connectivity index (χ1v) is 6.95. The predicted molar refractivity (Wildman–Crippen MR) is 82.0 cm³/mol. The molecular formula is C15H21N5O. The molecule has 0 bridgehead atoms. The molecule has 0 spiro atoms. The number of hydrogen-bond acceptors (Lipinski definition) is 4. The molecule has 2 N–H and O–H groups in total. The van der Waals surface area contributed by atoms with Crippen molar-refractivity contribution in [2.75, 3.05) is 12.4 Å². The number of imidazole rings is 1. The van der Waals surface area contributed by atoms with Gasteiger partial charge in [0.2, 0.25) is 0 Å². The van der Waals surface area contributed by atoms with E-state index in [1.807, 2.05) is 17.8 Å². The third-order valence-corrected chi connectivity index (χ3v) is 3.37. The Labute approximate surface area is 124 Å². The number of hydrogen-bond donors (Lipinski definition) is 2. The van der Waals surface area contributed by atoms with E-state index in [9.17, 15) is 4.79 Å². The first-order chi connectivity index (χ1) is 10.0. The van der Waals surface area contributed by atoms with Crippen molar-refractivity contribution < 1.29 is 4.79 Å². The molecule has 112 valence electrons. The van der Waals surface area contributed by atoms with E-state index in [-0.39, 0.29) is 11.9 Å². The number of amides is 1. The van der Waals surface area contributed by atoms with E-state index in [1.54, 1.807) is 31.6 Å². The first kappa shape index (κ1) is 15.0. The van der Waals surface area contributed by atoms with Gasteiger partial charge in [0, 0.05) is 32.7 Å². The molecule has 0 saturated carbocycles. The minimum Gasteiger partial charge on any atom is -0.359 e. The molecule has 0 fully saturated rings. The van der Waals surface area contributed by atoms with E-state index in [1.165, 1.54) is 0 Å². The summed E-state index contributed by atoms with van der Waals surface area (Å²) < 4.78 is 1.97. The van der Waals surface area contributed by atoms with E-state index < -0.39 is 0 Å². The lowest BCUT2D eigenvalue weighted by Gasteiger charge is -2.23. The Morgan fingerprint density at radius 3 is 2.62 bits per heavy atom. The molecule has 0 aromatic carbocycles. The second kappa shape index (κ2) is 6.39. The smallest absolute Gasteiger partial charge is 0.254 e. The second-order valence-electron chi connectivity index (χ2n) is 5.24. The Kier molecular flexibility index (Phi) is 4.57.